The molecule has 2 aromatic carbocycles. The molecule has 1 aliphatic heterocycles. The van der Waals surface area contributed by atoms with Crippen LogP contribution in [0.1, 0.15) is 0 Å². The smallest absolute Gasteiger partial charge is 0.233 e. The molecule has 1 N–H and O–H groups in total. The van der Waals surface area contributed by atoms with E-state index in [0.717, 1.165) is 19.6 Å². The molecule has 3 aromatic rings. The summed E-state index contributed by atoms with van der Waals surface area (Å²) in [5.41, 5.74) is 0.644. The standard InChI is InChI=1S/C21H22ClN3O4S/c22-17-8-6-16(7-9-17)19-24-21(30(26,27)18-4-2-1-3-5-18)20(29-19)23-10-11-25-12-14-28-15-13-25/h1-9,23H,10-15H2. The van der Waals surface area contributed by atoms with Gasteiger partial charge in [0.05, 0.1) is 18.1 Å². The van der Waals surface area contributed by atoms with Gasteiger partial charge in [-0.2, -0.15) is 4.98 Å². The second-order valence-electron chi connectivity index (χ2n) is 6.86. The molecule has 7 nitrogen and oxygen atoms in total. The van der Waals surface area contributed by atoms with Crippen LogP contribution in [0.3, 0.4) is 0 Å². The molecule has 0 radical (unpaired) electrons. The van der Waals surface area contributed by atoms with Gasteiger partial charge < -0.3 is 14.5 Å². The van der Waals surface area contributed by atoms with Crippen molar-refractivity contribution >= 4 is 27.3 Å². The Kier molecular flexibility index (Phi) is 6.38. The summed E-state index contributed by atoms with van der Waals surface area (Å²) in [4.78, 5) is 6.74. The van der Waals surface area contributed by atoms with Crippen LogP contribution in [-0.2, 0) is 14.6 Å². The van der Waals surface area contributed by atoms with E-state index in [9.17, 15) is 8.42 Å². The number of ether oxygens (including phenoxy) is 1. The molecular weight excluding hydrogens is 426 g/mol. The van der Waals surface area contributed by atoms with E-state index in [4.69, 9.17) is 20.8 Å². The number of nitrogens with one attached hydrogen (secondary N) is 1. The van der Waals surface area contributed by atoms with Gasteiger partial charge in [0.1, 0.15) is 0 Å². The highest BCUT2D eigenvalue weighted by Gasteiger charge is 2.28. The molecule has 30 heavy (non-hydrogen) atoms. The van der Waals surface area contributed by atoms with Crippen LogP contribution in [-0.4, -0.2) is 57.7 Å². The minimum absolute atomic E-state index is 0.124. The van der Waals surface area contributed by atoms with Crippen LogP contribution in [0.15, 0.2) is 68.9 Å². The first-order valence-corrected chi connectivity index (χ1v) is 11.5. The Bertz CT molecular complexity index is 1080. The van der Waals surface area contributed by atoms with Crippen LogP contribution in [0.2, 0.25) is 5.02 Å². The minimum atomic E-state index is -3.85. The second kappa shape index (κ2) is 9.18. The molecule has 0 unspecified atom stereocenters. The largest absolute Gasteiger partial charge is 0.419 e. The number of sulfone groups is 1. The van der Waals surface area contributed by atoms with Crippen molar-refractivity contribution in [3.8, 4) is 11.5 Å². The van der Waals surface area contributed by atoms with Crippen molar-refractivity contribution in [1.29, 1.82) is 0 Å². The van der Waals surface area contributed by atoms with E-state index >= 15 is 0 Å². The van der Waals surface area contributed by atoms with Crippen LogP contribution in [0.5, 0.6) is 0 Å². The molecule has 1 aliphatic rings. The van der Waals surface area contributed by atoms with Gasteiger partial charge in [-0.3, -0.25) is 4.90 Å². The zero-order valence-corrected chi connectivity index (χ0v) is 17.8. The molecule has 0 spiro atoms. The lowest BCUT2D eigenvalue weighted by Gasteiger charge is -2.26. The summed E-state index contributed by atoms with van der Waals surface area (Å²) in [6.07, 6.45) is 0. The maximum Gasteiger partial charge on any atom is 0.233 e. The van der Waals surface area contributed by atoms with Crippen molar-refractivity contribution in [2.24, 2.45) is 0 Å². The maximum atomic E-state index is 13.2. The van der Waals surface area contributed by atoms with Crippen LogP contribution in [0.25, 0.3) is 11.5 Å². The van der Waals surface area contributed by atoms with E-state index in [0.29, 0.717) is 30.3 Å². The predicted molar refractivity (Wildman–Crippen MR) is 115 cm³/mol. The van der Waals surface area contributed by atoms with Gasteiger partial charge in [-0.15, -0.1) is 0 Å². The Morgan fingerprint density at radius 2 is 1.73 bits per heavy atom. The van der Waals surface area contributed by atoms with Crippen LogP contribution >= 0.6 is 11.6 Å². The topological polar surface area (TPSA) is 84.7 Å². The number of morpholine rings is 1. The average molecular weight is 448 g/mol. The normalized spacial score (nSPS) is 15.2. The first-order chi connectivity index (χ1) is 14.5. The molecule has 0 saturated carbocycles. The molecular formula is C21H22ClN3O4S. The molecule has 0 atom stereocenters. The summed E-state index contributed by atoms with van der Waals surface area (Å²) < 4.78 is 37.6. The number of hydrogen-bond donors (Lipinski definition) is 1. The van der Waals surface area contributed by atoms with Gasteiger partial charge in [-0.05, 0) is 36.4 Å². The Hall–Kier alpha value is -2.39. The highest BCUT2D eigenvalue weighted by atomic mass is 35.5. The zero-order chi connectivity index (χ0) is 21.0. The van der Waals surface area contributed by atoms with E-state index in [1.54, 1.807) is 54.6 Å². The first-order valence-electron chi connectivity index (χ1n) is 9.65. The molecule has 1 fully saturated rings. The van der Waals surface area contributed by atoms with Gasteiger partial charge in [0.25, 0.3) is 0 Å². The Labute approximate surface area is 180 Å². The number of nitrogens with zero attached hydrogens (tertiary/aromatic N) is 2. The number of hydrogen-bond acceptors (Lipinski definition) is 7. The van der Waals surface area contributed by atoms with E-state index in [1.165, 1.54) is 0 Å². The lowest BCUT2D eigenvalue weighted by molar-refractivity contribution is 0.0398. The van der Waals surface area contributed by atoms with Gasteiger partial charge >= 0.3 is 0 Å². The zero-order valence-electron chi connectivity index (χ0n) is 16.3. The van der Waals surface area contributed by atoms with Crippen LogP contribution in [0.4, 0.5) is 5.88 Å². The Morgan fingerprint density at radius 3 is 2.43 bits per heavy atom. The van der Waals surface area contributed by atoms with Crippen molar-refractivity contribution in [2.45, 2.75) is 9.92 Å². The van der Waals surface area contributed by atoms with E-state index in [-0.39, 0.29) is 21.7 Å². The first kappa shape index (κ1) is 20.9. The lowest BCUT2D eigenvalue weighted by Crippen LogP contribution is -2.39. The number of anilines is 1. The van der Waals surface area contributed by atoms with Crippen LogP contribution < -0.4 is 5.32 Å². The highest BCUT2D eigenvalue weighted by molar-refractivity contribution is 7.91. The van der Waals surface area contributed by atoms with Crippen molar-refractivity contribution in [3.05, 3.63) is 59.6 Å². The molecule has 0 aliphatic carbocycles. The van der Waals surface area contributed by atoms with Crippen molar-refractivity contribution in [1.82, 2.24) is 9.88 Å². The minimum Gasteiger partial charge on any atom is -0.419 e. The third-order valence-corrected chi connectivity index (χ3v) is 6.74. The molecule has 2 heterocycles. The van der Waals surface area contributed by atoms with Gasteiger partial charge in [0.2, 0.25) is 26.6 Å². The molecule has 0 bridgehead atoms. The number of halogens is 1. The average Bonchev–Trinajstić information content (AvgIpc) is 3.21. The fourth-order valence-electron chi connectivity index (χ4n) is 3.18. The fourth-order valence-corrected chi connectivity index (χ4v) is 4.61. The summed E-state index contributed by atoms with van der Waals surface area (Å²) in [6.45, 7) is 4.37. The van der Waals surface area contributed by atoms with Gasteiger partial charge in [0, 0.05) is 36.8 Å². The number of oxazole rings is 1. The molecule has 4 rings (SSSR count). The van der Waals surface area contributed by atoms with Crippen molar-refractivity contribution in [3.63, 3.8) is 0 Å². The number of rotatable bonds is 7. The quantitative estimate of drug-likeness (QED) is 0.592. The SMILES string of the molecule is O=S(=O)(c1ccccc1)c1nc(-c2ccc(Cl)cc2)oc1NCCN1CCOCC1. The van der Waals surface area contributed by atoms with E-state index in [2.05, 4.69) is 15.2 Å². The van der Waals surface area contributed by atoms with Gasteiger partial charge in [0.15, 0.2) is 0 Å². The summed E-state index contributed by atoms with van der Waals surface area (Å²) >= 11 is 5.96. The summed E-state index contributed by atoms with van der Waals surface area (Å²) in [6, 6.07) is 15.1. The Balaban J connectivity index is 1.63. The molecule has 158 valence electrons. The van der Waals surface area contributed by atoms with Crippen LogP contribution in [0, 0.1) is 0 Å². The van der Waals surface area contributed by atoms with Gasteiger partial charge in [-0.25, -0.2) is 8.42 Å². The summed E-state index contributed by atoms with van der Waals surface area (Å²) in [7, 11) is -3.85. The number of benzene rings is 2. The van der Waals surface area contributed by atoms with Gasteiger partial charge in [-0.1, -0.05) is 29.8 Å². The number of aromatic nitrogens is 1. The molecule has 1 aromatic heterocycles. The molecule has 1 saturated heterocycles. The van der Waals surface area contributed by atoms with E-state index < -0.39 is 9.84 Å². The summed E-state index contributed by atoms with van der Waals surface area (Å²) in [5.74, 6) is 0.354. The second-order valence-corrected chi connectivity index (χ2v) is 9.16. The monoisotopic (exact) mass is 447 g/mol. The van der Waals surface area contributed by atoms with Crippen molar-refractivity contribution in [2.75, 3.05) is 44.7 Å². The molecule has 0 amide bonds. The maximum absolute atomic E-state index is 13.2. The van der Waals surface area contributed by atoms with Crippen molar-refractivity contribution < 1.29 is 17.6 Å². The highest BCUT2D eigenvalue weighted by Crippen LogP contribution is 2.32. The third-order valence-electron chi connectivity index (χ3n) is 4.81. The fraction of sp³-hybridized carbons (Fsp3) is 0.286. The summed E-state index contributed by atoms with van der Waals surface area (Å²) in [5, 5.41) is 3.57. The Morgan fingerprint density at radius 1 is 1.03 bits per heavy atom. The third kappa shape index (κ3) is 4.67. The molecule has 9 heteroatoms. The predicted octanol–water partition coefficient (Wildman–Crippen LogP) is 3.57. The van der Waals surface area contributed by atoms with E-state index in [1.807, 2.05) is 0 Å². The lowest BCUT2D eigenvalue weighted by atomic mass is 10.2.